The van der Waals surface area contributed by atoms with Crippen molar-refractivity contribution in [3.63, 3.8) is 0 Å². The summed E-state index contributed by atoms with van der Waals surface area (Å²) in [6.07, 6.45) is 0. The zero-order valence-corrected chi connectivity index (χ0v) is 17.4. The second-order valence-electron chi connectivity index (χ2n) is 5.38. The molecule has 0 saturated carbocycles. The summed E-state index contributed by atoms with van der Waals surface area (Å²) in [5.41, 5.74) is 8.71. The van der Waals surface area contributed by atoms with Crippen LogP contribution >= 0.6 is 0 Å². The van der Waals surface area contributed by atoms with E-state index in [4.69, 9.17) is 9.97 Å². The van der Waals surface area contributed by atoms with Gasteiger partial charge in [-0.05, 0) is 0 Å². The van der Waals surface area contributed by atoms with Crippen LogP contribution in [0.1, 0.15) is 45.6 Å². The molecule has 0 unspecified atom stereocenters. The Balaban J connectivity index is 1.93. The summed E-state index contributed by atoms with van der Waals surface area (Å²) in [7, 11) is 0. The first-order valence-electron chi connectivity index (χ1n) is 7.24. The Hall–Kier alpha value is -0.801. The summed E-state index contributed by atoms with van der Waals surface area (Å²) in [6, 6.07) is 0. The van der Waals surface area contributed by atoms with Crippen LogP contribution in [-0.2, 0) is 10.6 Å². The molecule has 0 atom stereocenters. The first kappa shape index (κ1) is 17.6. The molecule has 2 rings (SSSR count). The number of hydrogen-bond acceptors (Lipinski definition) is 4. The summed E-state index contributed by atoms with van der Waals surface area (Å²) in [4.78, 5) is 18.5. The van der Waals surface area contributed by atoms with E-state index in [1.54, 1.807) is 0 Å². The Kier molecular flexibility index (Phi) is 6.10. The van der Waals surface area contributed by atoms with E-state index in [-0.39, 0.29) is 0 Å². The molecular formula is C16H22N4Se2. The fourth-order valence-electron chi connectivity index (χ4n) is 1.99. The van der Waals surface area contributed by atoms with E-state index in [2.05, 4.69) is 23.8 Å². The number of aryl methyl sites for hydroxylation is 6. The molecule has 0 amide bonds. The van der Waals surface area contributed by atoms with Crippen molar-refractivity contribution in [1.82, 2.24) is 19.9 Å². The van der Waals surface area contributed by atoms with Crippen molar-refractivity contribution in [2.24, 2.45) is 0 Å². The topological polar surface area (TPSA) is 51.6 Å². The van der Waals surface area contributed by atoms with Gasteiger partial charge in [0.2, 0.25) is 0 Å². The van der Waals surface area contributed by atoms with Gasteiger partial charge in [-0.15, -0.1) is 0 Å². The maximum atomic E-state index is 4.70. The second kappa shape index (κ2) is 7.65. The van der Waals surface area contributed by atoms with Gasteiger partial charge in [0.15, 0.2) is 0 Å². The molecule has 2 aromatic heterocycles. The molecule has 0 aliphatic heterocycles. The molecule has 4 nitrogen and oxygen atoms in total. The zero-order valence-electron chi connectivity index (χ0n) is 14.0. The number of hydrogen-bond donors (Lipinski definition) is 0. The molecule has 6 heteroatoms. The third-order valence-corrected chi connectivity index (χ3v) is 10.0. The molecule has 2 aromatic rings. The van der Waals surface area contributed by atoms with Crippen molar-refractivity contribution in [3.05, 3.63) is 45.6 Å². The predicted octanol–water partition coefficient (Wildman–Crippen LogP) is 2.14. The molecule has 2 heterocycles. The molecule has 0 bridgehead atoms. The van der Waals surface area contributed by atoms with Crippen LogP contribution in [0.3, 0.4) is 0 Å². The summed E-state index contributed by atoms with van der Waals surface area (Å²) >= 11 is 1.17. The average Bonchev–Trinajstić information content (AvgIpc) is 2.45. The van der Waals surface area contributed by atoms with Gasteiger partial charge in [0.05, 0.1) is 0 Å². The van der Waals surface area contributed by atoms with Gasteiger partial charge in [-0.1, -0.05) is 0 Å². The van der Waals surface area contributed by atoms with Crippen LogP contribution < -0.4 is 0 Å². The van der Waals surface area contributed by atoms with Crippen LogP contribution in [0.2, 0.25) is 0 Å². The summed E-state index contributed by atoms with van der Waals surface area (Å²) in [5.74, 6) is 0. The Morgan fingerprint density at radius 1 is 0.500 bits per heavy atom. The molecule has 0 saturated heterocycles. The van der Waals surface area contributed by atoms with E-state index in [1.165, 1.54) is 11.4 Å². The van der Waals surface area contributed by atoms with Crippen LogP contribution in [0.5, 0.6) is 0 Å². The number of nitrogens with zero attached hydrogens (tertiary/aromatic N) is 4. The van der Waals surface area contributed by atoms with Crippen molar-refractivity contribution >= 4 is 26.3 Å². The molecular weight excluding hydrogens is 406 g/mol. The molecule has 0 spiro atoms. The van der Waals surface area contributed by atoms with Gasteiger partial charge in [-0.25, -0.2) is 0 Å². The Morgan fingerprint density at radius 2 is 0.818 bits per heavy atom. The summed E-state index contributed by atoms with van der Waals surface area (Å²) in [6.45, 7) is 12.3. The average molecular weight is 428 g/mol. The maximum absolute atomic E-state index is 4.70. The normalized spacial score (nSPS) is 11.0. The Bertz CT molecular complexity index is 627. The molecule has 0 aliphatic carbocycles. The van der Waals surface area contributed by atoms with Crippen molar-refractivity contribution in [2.75, 3.05) is 0 Å². The van der Waals surface area contributed by atoms with Crippen LogP contribution in [0, 0.1) is 41.5 Å². The summed E-state index contributed by atoms with van der Waals surface area (Å²) in [5, 5.41) is 2.15. The predicted molar refractivity (Wildman–Crippen MR) is 91.4 cm³/mol. The van der Waals surface area contributed by atoms with Gasteiger partial charge in [0.1, 0.15) is 0 Å². The third-order valence-electron chi connectivity index (χ3n) is 3.63. The SMILES string of the molecule is Cc1nc(C)c(C[Se][Se]Cc2nc(C)c(C)nc2C)nc1C. The van der Waals surface area contributed by atoms with Crippen LogP contribution in [0.15, 0.2) is 0 Å². The molecule has 0 radical (unpaired) electrons. The van der Waals surface area contributed by atoms with E-state index in [9.17, 15) is 0 Å². The molecule has 0 fully saturated rings. The minimum atomic E-state index is 0.584. The molecule has 0 aromatic carbocycles. The molecule has 0 aliphatic rings. The van der Waals surface area contributed by atoms with Crippen LogP contribution in [0.25, 0.3) is 0 Å². The van der Waals surface area contributed by atoms with E-state index in [0.29, 0.717) is 26.3 Å². The van der Waals surface area contributed by atoms with E-state index < -0.39 is 0 Å². The first-order chi connectivity index (χ1) is 10.4. The van der Waals surface area contributed by atoms with E-state index in [0.717, 1.165) is 44.8 Å². The monoisotopic (exact) mass is 430 g/mol. The molecule has 22 heavy (non-hydrogen) atoms. The number of aromatic nitrogens is 4. The Morgan fingerprint density at radius 3 is 1.18 bits per heavy atom. The quantitative estimate of drug-likeness (QED) is 0.541. The third kappa shape index (κ3) is 4.36. The van der Waals surface area contributed by atoms with Crippen molar-refractivity contribution < 1.29 is 0 Å². The van der Waals surface area contributed by atoms with E-state index in [1.807, 2.05) is 27.7 Å². The van der Waals surface area contributed by atoms with Crippen LogP contribution in [-0.4, -0.2) is 46.2 Å². The molecule has 118 valence electrons. The van der Waals surface area contributed by atoms with Gasteiger partial charge in [-0.3, -0.25) is 0 Å². The van der Waals surface area contributed by atoms with Gasteiger partial charge in [0, 0.05) is 0 Å². The van der Waals surface area contributed by atoms with Gasteiger partial charge >= 0.3 is 144 Å². The van der Waals surface area contributed by atoms with Gasteiger partial charge < -0.3 is 0 Å². The second-order valence-corrected chi connectivity index (χ2v) is 12.7. The van der Waals surface area contributed by atoms with Gasteiger partial charge in [0.25, 0.3) is 0 Å². The van der Waals surface area contributed by atoms with Crippen molar-refractivity contribution in [2.45, 2.75) is 52.2 Å². The number of rotatable bonds is 5. The Labute approximate surface area is 143 Å². The fourth-order valence-corrected chi connectivity index (χ4v) is 8.21. The van der Waals surface area contributed by atoms with E-state index >= 15 is 0 Å². The minimum absolute atomic E-state index is 0.584. The zero-order chi connectivity index (χ0) is 16.3. The first-order valence-corrected chi connectivity index (χ1v) is 14.0. The standard InChI is InChI=1S/C16H22N4Se2/c1-9-11(3)19-15(13(5)17-9)7-21-22-8-16-14(6)18-10(2)12(4)20-16/h7-8H2,1-6H3. The van der Waals surface area contributed by atoms with Crippen LogP contribution in [0.4, 0.5) is 0 Å². The van der Waals surface area contributed by atoms with Gasteiger partial charge in [-0.2, -0.15) is 0 Å². The molecule has 0 N–H and O–H groups in total. The fraction of sp³-hybridized carbons (Fsp3) is 0.500. The summed E-state index contributed by atoms with van der Waals surface area (Å²) < 4.78 is 0. The van der Waals surface area contributed by atoms with Crippen molar-refractivity contribution in [3.8, 4) is 0 Å². The van der Waals surface area contributed by atoms with Crippen molar-refractivity contribution in [1.29, 1.82) is 0 Å².